The average molecular weight is 1080 g/mol. The Labute approximate surface area is 439 Å². The number of hydrogen-bond donors (Lipinski definition) is 12. The van der Waals surface area contributed by atoms with Crippen molar-refractivity contribution in [1.29, 1.82) is 0 Å². The molecule has 2 heterocycles. The van der Waals surface area contributed by atoms with Gasteiger partial charge in [0.1, 0.15) is 48.3 Å². The number of hydrogen-bond acceptors (Lipinski definition) is 15. The van der Waals surface area contributed by atoms with Crippen LogP contribution in [0, 0.1) is 17.8 Å². The van der Waals surface area contributed by atoms with Gasteiger partial charge in [-0.1, -0.05) is 48.0 Å². The molecule has 27 heteroatoms. The number of likely N-dealkylation sites (tertiary alicyclic amines) is 1. The molecule has 0 bridgehead atoms. The maximum absolute atomic E-state index is 14.2. The van der Waals surface area contributed by atoms with Gasteiger partial charge in [0.2, 0.25) is 47.3 Å². The summed E-state index contributed by atoms with van der Waals surface area (Å²) in [6.07, 6.45) is 5.13. The summed E-state index contributed by atoms with van der Waals surface area (Å²) in [6, 6.07) is -11.7. The van der Waals surface area contributed by atoms with Crippen molar-refractivity contribution in [2.75, 3.05) is 30.6 Å². The SMILES string of the molecule is CC[C@H](C)[C@H](NC(=O)[C@@H](NC(=O)[C@H](Cc1cnc[nH]1)NC(=O)[C@@H]1CCCN1C(=O)[C@@H](N)C(C)C)C(C)C)C(=O)N[C@@H](CCC(=O)O)C(=O)N[C@@H](CCC(=O)O)C(=O)N[C@@H](CCSC)C(=O)N[C@@H](CCSC)C(=O)O. The lowest BCUT2D eigenvalue weighted by Gasteiger charge is -2.31. The molecule has 1 aliphatic rings. The Bertz CT molecular complexity index is 2080. The number of H-pyrrole nitrogens is 1. The van der Waals surface area contributed by atoms with Gasteiger partial charge in [-0.05, 0) is 80.3 Å². The van der Waals surface area contributed by atoms with Crippen molar-refractivity contribution in [3.05, 3.63) is 18.2 Å². The van der Waals surface area contributed by atoms with Gasteiger partial charge in [0.05, 0.1) is 12.4 Å². The minimum atomic E-state index is -1.68. The zero-order chi connectivity index (χ0) is 55.8. The van der Waals surface area contributed by atoms with Crippen LogP contribution in [0.25, 0.3) is 0 Å². The lowest BCUT2D eigenvalue weighted by atomic mass is 9.95. The molecular formula is C47H77N11O14S2. The highest BCUT2D eigenvalue weighted by Gasteiger charge is 2.40. The second kappa shape index (κ2) is 32.4. The maximum Gasteiger partial charge on any atom is 0.326 e. The Kier molecular flexibility index (Phi) is 28.1. The fraction of sp³-hybridized carbons (Fsp3) is 0.702. The summed E-state index contributed by atoms with van der Waals surface area (Å²) in [5.41, 5.74) is 6.61. The summed E-state index contributed by atoms with van der Waals surface area (Å²) < 4.78 is 0. The summed E-state index contributed by atoms with van der Waals surface area (Å²) in [6.45, 7) is 10.5. The Morgan fingerprint density at radius 2 is 1.14 bits per heavy atom. The van der Waals surface area contributed by atoms with Crippen molar-refractivity contribution in [3.8, 4) is 0 Å². The van der Waals surface area contributed by atoms with Gasteiger partial charge in [-0.3, -0.25) is 47.9 Å². The molecule has 1 fully saturated rings. The fourth-order valence-corrected chi connectivity index (χ4v) is 8.70. The number of amides is 8. The quantitative estimate of drug-likeness (QED) is 0.0408. The van der Waals surface area contributed by atoms with E-state index in [-0.39, 0.29) is 31.6 Å². The smallest absolute Gasteiger partial charge is 0.326 e. The van der Waals surface area contributed by atoms with E-state index < -0.39 is 157 Å². The van der Waals surface area contributed by atoms with E-state index in [1.54, 1.807) is 54.1 Å². The first-order valence-electron chi connectivity index (χ1n) is 24.7. The minimum absolute atomic E-state index is 0.0218. The molecule has 10 atom stereocenters. The third-order valence-corrected chi connectivity index (χ3v) is 13.8. The van der Waals surface area contributed by atoms with Gasteiger partial charge in [0.25, 0.3) is 0 Å². The van der Waals surface area contributed by atoms with Gasteiger partial charge in [0.15, 0.2) is 0 Å². The normalized spacial score (nSPS) is 17.0. The monoisotopic (exact) mass is 1080 g/mol. The van der Waals surface area contributed by atoms with Gasteiger partial charge >= 0.3 is 17.9 Å². The van der Waals surface area contributed by atoms with Crippen LogP contribution < -0.4 is 43.0 Å². The molecule has 2 rings (SSSR count). The Morgan fingerprint density at radius 1 is 0.662 bits per heavy atom. The molecule has 1 aromatic rings. The lowest BCUT2D eigenvalue weighted by molar-refractivity contribution is -0.142. The highest BCUT2D eigenvalue weighted by Crippen LogP contribution is 2.21. The van der Waals surface area contributed by atoms with Crippen molar-refractivity contribution < 1.29 is 68.1 Å². The van der Waals surface area contributed by atoms with Crippen LogP contribution in [0.1, 0.15) is 105 Å². The number of rotatable bonds is 34. The van der Waals surface area contributed by atoms with Crippen molar-refractivity contribution >= 4 is 88.7 Å². The number of carboxylic acid groups (broad SMARTS) is 3. The minimum Gasteiger partial charge on any atom is -0.481 e. The number of aromatic nitrogens is 2. The van der Waals surface area contributed by atoms with Crippen LogP contribution in [-0.2, 0) is 59.2 Å². The number of aromatic amines is 1. The molecule has 0 radical (unpaired) electrons. The van der Waals surface area contributed by atoms with E-state index in [0.717, 1.165) is 0 Å². The van der Waals surface area contributed by atoms with E-state index in [1.165, 1.54) is 40.9 Å². The Hall–Kier alpha value is -5.96. The van der Waals surface area contributed by atoms with Crippen LogP contribution >= 0.6 is 23.5 Å². The molecule has 25 nitrogen and oxygen atoms in total. The topological polar surface area (TPSA) is 391 Å². The van der Waals surface area contributed by atoms with Gasteiger partial charge in [0, 0.05) is 37.7 Å². The van der Waals surface area contributed by atoms with E-state index >= 15 is 0 Å². The standard InChI is InChI=1S/C47H77N11O14S2/c1-9-26(6)38(57-44(68)37(25(4)5)56-42(66)32(21-27-22-49-23-50-27)55-43(67)33-11-10-18-58(33)46(70)36(48)24(2)3)45(69)53-29(13-15-35(61)62)40(64)51-28(12-14-34(59)60)39(63)52-30(16-19-73-7)41(65)54-31(47(71)72)17-20-74-8/h22-26,28-33,36-38H,9-21,48H2,1-8H3,(H,49,50)(H,51,64)(H,52,63)(H,53,69)(H,54,65)(H,55,67)(H,56,66)(H,57,68)(H,59,60)(H,61,62)(H,71,72)/t26-,28-,29-,30-,31-,32-,33-,36-,37-,38-/m0/s1. The zero-order valence-corrected chi connectivity index (χ0v) is 45.0. The molecular weight excluding hydrogens is 1010 g/mol. The number of nitrogens with zero attached hydrogens (tertiary/aromatic N) is 2. The first-order valence-corrected chi connectivity index (χ1v) is 27.5. The predicted octanol–water partition coefficient (Wildman–Crippen LogP) is -0.657. The molecule has 8 amide bonds. The number of carbonyl (C=O) groups is 11. The first kappa shape index (κ1) is 64.2. The number of carboxylic acids is 3. The molecule has 1 aromatic heterocycles. The molecule has 1 saturated heterocycles. The number of nitrogens with one attached hydrogen (secondary N) is 8. The fourth-order valence-electron chi connectivity index (χ4n) is 7.76. The van der Waals surface area contributed by atoms with E-state index in [9.17, 15) is 68.1 Å². The van der Waals surface area contributed by atoms with E-state index in [0.29, 0.717) is 36.6 Å². The summed E-state index contributed by atoms with van der Waals surface area (Å²) in [4.78, 5) is 154. The summed E-state index contributed by atoms with van der Waals surface area (Å²) >= 11 is 2.69. The number of nitrogens with two attached hydrogens (primary N) is 1. The van der Waals surface area contributed by atoms with Crippen LogP contribution in [0.5, 0.6) is 0 Å². The van der Waals surface area contributed by atoms with Crippen molar-refractivity contribution in [2.24, 2.45) is 23.5 Å². The molecule has 13 N–H and O–H groups in total. The highest BCUT2D eigenvalue weighted by molar-refractivity contribution is 7.98. The third kappa shape index (κ3) is 21.1. The Morgan fingerprint density at radius 3 is 1.59 bits per heavy atom. The van der Waals surface area contributed by atoms with Crippen LogP contribution in [0.15, 0.2) is 12.5 Å². The van der Waals surface area contributed by atoms with Crippen LogP contribution in [-0.4, -0.2) is 180 Å². The Balaban J connectivity index is 2.40. The molecule has 74 heavy (non-hydrogen) atoms. The molecule has 0 aliphatic carbocycles. The van der Waals surface area contributed by atoms with Crippen molar-refractivity contribution in [2.45, 2.75) is 160 Å². The summed E-state index contributed by atoms with van der Waals surface area (Å²) in [5, 5.41) is 46.7. The maximum atomic E-state index is 14.2. The molecule has 0 aromatic carbocycles. The van der Waals surface area contributed by atoms with E-state index in [2.05, 4.69) is 47.2 Å². The largest absolute Gasteiger partial charge is 0.481 e. The molecule has 1 aliphatic heterocycles. The highest BCUT2D eigenvalue weighted by atomic mass is 32.2. The van der Waals surface area contributed by atoms with Crippen molar-refractivity contribution in [1.82, 2.24) is 52.1 Å². The first-order chi connectivity index (χ1) is 34.9. The number of aliphatic carboxylic acids is 3. The van der Waals surface area contributed by atoms with Crippen LogP contribution in [0.3, 0.4) is 0 Å². The second-order valence-electron chi connectivity index (χ2n) is 18.9. The second-order valence-corrected chi connectivity index (χ2v) is 20.9. The molecule has 0 saturated carbocycles. The van der Waals surface area contributed by atoms with Crippen molar-refractivity contribution in [3.63, 3.8) is 0 Å². The van der Waals surface area contributed by atoms with Gasteiger partial charge in [-0.2, -0.15) is 23.5 Å². The summed E-state index contributed by atoms with van der Waals surface area (Å²) in [5.74, 6) is -11.2. The van der Waals surface area contributed by atoms with Gasteiger partial charge in [-0.25, -0.2) is 9.78 Å². The van der Waals surface area contributed by atoms with Crippen LogP contribution in [0.2, 0.25) is 0 Å². The average Bonchev–Trinajstić information content (AvgIpc) is 4.06. The molecule has 0 unspecified atom stereocenters. The number of carbonyl (C=O) groups excluding carboxylic acids is 8. The molecule has 0 spiro atoms. The van der Waals surface area contributed by atoms with Gasteiger partial charge in [-0.15, -0.1) is 0 Å². The zero-order valence-electron chi connectivity index (χ0n) is 43.4. The number of imidazole rings is 1. The third-order valence-electron chi connectivity index (χ3n) is 12.5. The van der Waals surface area contributed by atoms with E-state index in [4.69, 9.17) is 5.73 Å². The molecule has 416 valence electrons. The van der Waals surface area contributed by atoms with Gasteiger partial charge < -0.3 is 68.2 Å². The predicted molar refractivity (Wildman–Crippen MR) is 275 cm³/mol. The lowest BCUT2D eigenvalue weighted by Crippen LogP contribution is -2.62. The number of thioether (sulfide) groups is 2. The van der Waals surface area contributed by atoms with E-state index in [1.807, 2.05) is 0 Å². The summed E-state index contributed by atoms with van der Waals surface area (Å²) in [7, 11) is 0. The van der Waals surface area contributed by atoms with Crippen LogP contribution in [0.4, 0.5) is 0 Å².